The molecule has 0 heterocycles. The Bertz CT molecular complexity index is 4760. The quantitative estimate of drug-likeness (QED) is 0.106. The number of hydrogen-bond acceptors (Lipinski definition) is 0. The van der Waals surface area contributed by atoms with E-state index in [2.05, 4.69) is 182 Å². The van der Waals surface area contributed by atoms with Gasteiger partial charge in [-0.3, -0.25) is 0 Å². The molecule has 0 aliphatic heterocycles. The minimum atomic E-state index is 1.33. The number of fused-ring (bicyclic) bond motifs is 18. The van der Waals surface area contributed by atoms with Crippen molar-refractivity contribution < 1.29 is 0 Å². The van der Waals surface area contributed by atoms with E-state index in [-0.39, 0.29) is 0 Å². The van der Waals surface area contributed by atoms with Crippen LogP contribution < -0.4 is 0 Å². The first-order valence-electron chi connectivity index (χ1n) is 23.4. The largest absolute Gasteiger partial charge is 0.0616 e. The lowest BCUT2D eigenvalue weighted by molar-refractivity contribution is 1.80. The van der Waals surface area contributed by atoms with Crippen LogP contribution in [-0.4, -0.2) is 0 Å². The van der Waals surface area contributed by atoms with Gasteiger partial charge < -0.3 is 0 Å². The van der Waals surface area contributed by atoms with Crippen molar-refractivity contribution in [3.63, 3.8) is 0 Å². The van der Waals surface area contributed by atoms with Gasteiger partial charge in [-0.05, 0) is 206 Å². The molecule has 0 aliphatic carbocycles. The van der Waals surface area contributed by atoms with Crippen LogP contribution in [0.2, 0.25) is 0 Å². The smallest absolute Gasteiger partial charge is 0.000717 e. The third-order valence-electron chi connectivity index (χ3n) is 17.1. The molecular formula is C66H30. The van der Waals surface area contributed by atoms with Crippen molar-refractivity contribution in [2.45, 2.75) is 0 Å². The van der Waals surface area contributed by atoms with Gasteiger partial charge in [0.15, 0.2) is 0 Å². The maximum Gasteiger partial charge on any atom is -0.000717 e. The summed E-state index contributed by atoms with van der Waals surface area (Å²) in [5.41, 5.74) is 0. The van der Waals surface area contributed by atoms with Gasteiger partial charge >= 0.3 is 0 Å². The minimum Gasteiger partial charge on any atom is -0.0616 e. The second-order valence-corrected chi connectivity index (χ2v) is 19.6. The number of hydrogen-bond donors (Lipinski definition) is 0. The Morgan fingerprint density at radius 3 is 0.364 bits per heavy atom. The summed E-state index contributed by atoms with van der Waals surface area (Å²) in [6.45, 7) is 0. The SMILES string of the molecule is c1ccc2c(c1)c1ccc3c4ccccc4c4ccc5c6cc7c(cc6c6ccc2c2c1c3c4c5c62)c1ccc2c3ccccc3c3ccc4c5ccccc5c5ccc7c6c5c4c3c2c16. The highest BCUT2D eigenvalue weighted by Gasteiger charge is 2.29. The first-order chi connectivity index (χ1) is 32.8. The van der Waals surface area contributed by atoms with Crippen molar-refractivity contribution in [1.29, 1.82) is 0 Å². The summed E-state index contributed by atoms with van der Waals surface area (Å²) in [5.74, 6) is 0. The van der Waals surface area contributed by atoms with Crippen LogP contribution in [0.5, 0.6) is 0 Å². The van der Waals surface area contributed by atoms with E-state index in [0.717, 1.165) is 0 Å². The molecule has 0 unspecified atom stereocenters. The molecule has 0 nitrogen and oxygen atoms in total. The van der Waals surface area contributed by atoms with Crippen LogP contribution in [0.1, 0.15) is 0 Å². The zero-order chi connectivity index (χ0) is 42.0. The molecule has 19 aromatic rings. The molecule has 0 N–H and O–H groups in total. The molecule has 19 rings (SSSR count). The van der Waals surface area contributed by atoms with Crippen LogP contribution in [0.3, 0.4) is 0 Å². The summed E-state index contributed by atoms with van der Waals surface area (Å²) in [6.07, 6.45) is 0. The first-order valence-corrected chi connectivity index (χ1v) is 23.4. The van der Waals surface area contributed by atoms with Gasteiger partial charge in [-0.15, -0.1) is 0 Å². The molecule has 0 aromatic heterocycles. The zero-order valence-corrected chi connectivity index (χ0v) is 35.3. The van der Waals surface area contributed by atoms with Gasteiger partial charge in [-0.25, -0.2) is 0 Å². The van der Waals surface area contributed by atoms with Crippen molar-refractivity contribution in [1.82, 2.24) is 0 Å². The first kappa shape index (κ1) is 32.1. The van der Waals surface area contributed by atoms with E-state index in [9.17, 15) is 0 Å². The Labute approximate surface area is 374 Å². The molecule has 0 aliphatic rings. The molecule has 0 bridgehead atoms. The third-order valence-corrected chi connectivity index (χ3v) is 17.1. The van der Waals surface area contributed by atoms with Crippen molar-refractivity contribution in [2.75, 3.05) is 0 Å². The molecule has 0 spiro atoms. The normalized spacial score (nSPS) is 13.5. The molecule has 0 atom stereocenters. The highest BCUT2D eigenvalue weighted by atomic mass is 14.3. The Morgan fingerprint density at radius 2 is 0.227 bits per heavy atom. The second kappa shape index (κ2) is 10.3. The van der Waals surface area contributed by atoms with Gasteiger partial charge in [-0.1, -0.05) is 170 Å². The van der Waals surface area contributed by atoms with Crippen molar-refractivity contribution in [3.05, 3.63) is 182 Å². The molecule has 294 valence electrons. The number of benzene rings is 19. The average molecular weight is 823 g/mol. The van der Waals surface area contributed by atoms with Gasteiger partial charge in [0.2, 0.25) is 0 Å². The van der Waals surface area contributed by atoms with Crippen LogP contribution in [0.4, 0.5) is 0 Å². The maximum absolute atomic E-state index is 2.60. The summed E-state index contributed by atoms with van der Waals surface area (Å²) >= 11 is 0. The van der Waals surface area contributed by atoms with Gasteiger partial charge in [-0.2, -0.15) is 0 Å². The second-order valence-electron chi connectivity index (χ2n) is 19.6. The van der Waals surface area contributed by atoms with Gasteiger partial charge in [0.25, 0.3) is 0 Å². The van der Waals surface area contributed by atoms with E-state index in [0.29, 0.717) is 0 Å². The summed E-state index contributed by atoms with van der Waals surface area (Å²) in [4.78, 5) is 0. The average Bonchev–Trinajstić information content (AvgIpc) is 3.39. The van der Waals surface area contributed by atoms with E-state index < -0.39 is 0 Å². The Morgan fingerprint density at radius 1 is 0.106 bits per heavy atom. The Balaban J connectivity index is 1.11. The molecular weight excluding hydrogens is 793 g/mol. The predicted octanol–water partition coefficient (Wildman–Crippen LogP) is 19.1. The minimum absolute atomic E-state index is 1.33. The molecule has 0 saturated carbocycles. The Kier molecular flexibility index (Phi) is 5.04. The molecule has 66 heavy (non-hydrogen) atoms. The van der Waals surface area contributed by atoms with Gasteiger partial charge in [0, 0.05) is 0 Å². The molecule has 0 saturated heterocycles. The van der Waals surface area contributed by atoms with Gasteiger partial charge in [0.05, 0.1) is 0 Å². The summed E-state index contributed by atoms with van der Waals surface area (Å²) in [7, 11) is 0. The molecule has 0 fully saturated rings. The summed E-state index contributed by atoms with van der Waals surface area (Å²) in [5, 5.41) is 49.1. The standard InChI is InChI=1S/C66H30/c1-5-13-35-31(9-1)39-17-18-40-32-10-2-6-14-36(32)44-22-26-48-52-30-54-50-28-24-46-38-16-8-4-12-34(38)42-20-19-41-33-11-3-7-15-37(33)45-23-27-49(65-61(45)57(41)58(42)62(46)66(50)65)53(54)29-51(52)47-25-21-43(35)59-55(39)56(40)60(44)64(48)63(47)59/h1-30H. The molecule has 0 radical (unpaired) electrons. The molecule has 19 aromatic carbocycles. The predicted molar refractivity (Wildman–Crippen MR) is 289 cm³/mol. The Hall–Kier alpha value is -8.58. The highest BCUT2D eigenvalue weighted by Crippen LogP contribution is 2.57. The van der Waals surface area contributed by atoms with Gasteiger partial charge in [0.1, 0.15) is 0 Å². The van der Waals surface area contributed by atoms with E-state index in [1.54, 1.807) is 0 Å². The zero-order valence-electron chi connectivity index (χ0n) is 35.3. The molecule has 0 amide bonds. The van der Waals surface area contributed by atoms with Crippen LogP contribution >= 0.6 is 0 Å². The van der Waals surface area contributed by atoms with E-state index in [1.165, 1.54) is 194 Å². The topological polar surface area (TPSA) is 0 Å². The fourth-order valence-electron chi connectivity index (χ4n) is 14.7. The lowest BCUT2D eigenvalue weighted by atomic mass is 9.77. The van der Waals surface area contributed by atoms with Crippen molar-refractivity contribution in [3.8, 4) is 0 Å². The number of rotatable bonds is 0. The van der Waals surface area contributed by atoms with Crippen LogP contribution in [-0.2, 0) is 0 Å². The fraction of sp³-hybridized carbons (Fsp3) is 0. The maximum atomic E-state index is 2.60. The lowest BCUT2D eigenvalue weighted by Crippen LogP contribution is -1.97. The molecule has 0 heteroatoms. The van der Waals surface area contributed by atoms with E-state index >= 15 is 0 Å². The van der Waals surface area contributed by atoms with Crippen molar-refractivity contribution >= 4 is 194 Å². The van der Waals surface area contributed by atoms with E-state index in [1.807, 2.05) is 0 Å². The fourth-order valence-corrected chi connectivity index (χ4v) is 14.7. The highest BCUT2D eigenvalue weighted by molar-refractivity contribution is 6.56. The van der Waals surface area contributed by atoms with Crippen LogP contribution in [0, 0.1) is 0 Å². The van der Waals surface area contributed by atoms with Crippen molar-refractivity contribution in [2.24, 2.45) is 0 Å². The lowest BCUT2D eigenvalue weighted by Gasteiger charge is -2.26. The summed E-state index contributed by atoms with van der Waals surface area (Å²) < 4.78 is 0. The monoisotopic (exact) mass is 822 g/mol. The van der Waals surface area contributed by atoms with E-state index in [4.69, 9.17) is 0 Å². The third kappa shape index (κ3) is 3.23. The summed E-state index contributed by atoms with van der Waals surface area (Å²) in [6, 6.07) is 70.9. The van der Waals surface area contributed by atoms with Crippen LogP contribution in [0.15, 0.2) is 182 Å². The van der Waals surface area contributed by atoms with Crippen LogP contribution in [0.25, 0.3) is 194 Å².